The quantitative estimate of drug-likeness (QED) is 0.506. The lowest BCUT2D eigenvalue weighted by atomic mass is 10.2. The molecule has 0 unspecified atom stereocenters. The molecule has 7 nitrogen and oxygen atoms in total. The Balaban J connectivity index is 0.000000126. The molecule has 6 rings (SSSR count). The highest BCUT2D eigenvalue weighted by molar-refractivity contribution is 4.79. The van der Waals surface area contributed by atoms with Gasteiger partial charge in [0.1, 0.15) is 0 Å². The number of fused-ring (bicyclic) bond motifs is 6. The molecule has 7 heteroatoms. The molecule has 23 heavy (non-hydrogen) atoms. The summed E-state index contributed by atoms with van der Waals surface area (Å²) >= 11 is 0. The number of hydrogen-bond donors (Lipinski definition) is 3. The van der Waals surface area contributed by atoms with Crippen molar-refractivity contribution in [1.29, 1.82) is 0 Å². The average Bonchev–Trinajstić information content (AvgIpc) is 2.66. The van der Waals surface area contributed by atoms with Crippen molar-refractivity contribution in [2.24, 2.45) is 0 Å². The first-order valence-corrected chi connectivity index (χ1v) is 9.13. The Labute approximate surface area is 140 Å². The molecular weight excluding hydrogens is 294 g/mol. The van der Waals surface area contributed by atoms with Crippen molar-refractivity contribution in [2.75, 3.05) is 105 Å². The molecule has 0 amide bonds. The van der Waals surface area contributed by atoms with Crippen LogP contribution in [0.2, 0.25) is 0 Å². The summed E-state index contributed by atoms with van der Waals surface area (Å²) < 4.78 is 0. The molecule has 0 atom stereocenters. The molecule has 0 aromatic heterocycles. The van der Waals surface area contributed by atoms with Crippen molar-refractivity contribution in [3.8, 4) is 0 Å². The average molecular weight is 329 g/mol. The minimum Gasteiger partial charge on any atom is -0.395 e. The molecule has 0 aromatic carbocycles. The highest BCUT2D eigenvalue weighted by atomic mass is 16.3. The molecule has 136 valence electrons. The van der Waals surface area contributed by atoms with Crippen LogP contribution in [0.3, 0.4) is 0 Å². The van der Waals surface area contributed by atoms with Gasteiger partial charge in [-0.05, 0) is 0 Å². The van der Waals surface area contributed by atoms with E-state index in [0.29, 0.717) is 13.1 Å². The van der Waals surface area contributed by atoms with E-state index in [-0.39, 0.29) is 13.2 Å². The minimum absolute atomic E-state index is 0.139. The fourth-order valence-electron chi connectivity index (χ4n) is 3.32. The molecule has 0 spiro atoms. The van der Waals surface area contributed by atoms with Gasteiger partial charge in [0, 0.05) is 91.6 Å². The molecule has 0 aromatic rings. The van der Waals surface area contributed by atoms with E-state index in [1.807, 2.05) is 0 Å². The number of piperazine rings is 6. The third kappa shape index (κ3) is 7.43. The van der Waals surface area contributed by atoms with Crippen LogP contribution in [-0.2, 0) is 0 Å². The van der Waals surface area contributed by atoms with Gasteiger partial charge in [-0.15, -0.1) is 0 Å². The summed E-state index contributed by atoms with van der Waals surface area (Å²) in [5.41, 5.74) is 0. The van der Waals surface area contributed by atoms with Gasteiger partial charge in [0.2, 0.25) is 0 Å². The van der Waals surface area contributed by atoms with Crippen LogP contribution in [-0.4, -0.2) is 135 Å². The van der Waals surface area contributed by atoms with E-state index in [4.69, 9.17) is 10.2 Å². The Kier molecular flexibility index (Phi) is 9.36. The zero-order valence-electron chi connectivity index (χ0n) is 14.5. The first-order chi connectivity index (χ1) is 11.3. The molecule has 0 aliphatic carbocycles. The van der Waals surface area contributed by atoms with Gasteiger partial charge in [0.05, 0.1) is 13.2 Å². The second-order valence-electron chi connectivity index (χ2n) is 6.56. The lowest BCUT2D eigenvalue weighted by Crippen LogP contribution is -2.55. The predicted octanol–water partition coefficient (Wildman–Crippen LogP) is -2.20. The molecular formula is C16H35N5O2. The molecule has 6 heterocycles. The summed E-state index contributed by atoms with van der Waals surface area (Å²) in [4.78, 5) is 10.2. The second-order valence-corrected chi connectivity index (χ2v) is 6.56. The van der Waals surface area contributed by atoms with E-state index >= 15 is 0 Å². The Morgan fingerprint density at radius 1 is 0.478 bits per heavy atom. The number of aliphatic hydroxyl groups is 2. The van der Waals surface area contributed by atoms with Gasteiger partial charge in [-0.25, -0.2) is 0 Å². The van der Waals surface area contributed by atoms with E-state index < -0.39 is 0 Å². The van der Waals surface area contributed by atoms with E-state index in [2.05, 4.69) is 24.9 Å². The molecule has 6 fully saturated rings. The van der Waals surface area contributed by atoms with Crippen LogP contribution in [0.25, 0.3) is 0 Å². The summed E-state index contributed by atoms with van der Waals surface area (Å²) in [5.74, 6) is 0. The summed E-state index contributed by atoms with van der Waals surface area (Å²) in [7, 11) is 0. The zero-order valence-corrected chi connectivity index (χ0v) is 14.5. The minimum atomic E-state index is 0.139. The topological polar surface area (TPSA) is 65.5 Å². The van der Waals surface area contributed by atoms with Crippen LogP contribution < -0.4 is 5.32 Å². The van der Waals surface area contributed by atoms with Crippen molar-refractivity contribution >= 4 is 0 Å². The lowest BCUT2D eigenvalue weighted by molar-refractivity contribution is 0.0647. The number of hydrogen-bond acceptors (Lipinski definition) is 7. The van der Waals surface area contributed by atoms with Crippen LogP contribution in [0.4, 0.5) is 0 Å². The number of rotatable bonds is 4. The van der Waals surface area contributed by atoms with E-state index in [0.717, 1.165) is 0 Å². The van der Waals surface area contributed by atoms with Crippen molar-refractivity contribution in [3.63, 3.8) is 0 Å². The molecule has 6 aliphatic rings. The summed E-state index contributed by atoms with van der Waals surface area (Å²) in [5, 5.41) is 19.1. The van der Waals surface area contributed by atoms with Crippen LogP contribution in [0, 0.1) is 0 Å². The normalized spacial score (nSPS) is 34.2. The summed E-state index contributed by atoms with van der Waals surface area (Å²) in [6.45, 7) is 17.3. The summed E-state index contributed by atoms with van der Waals surface area (Å²) in [6, 6.07) is 0. The van der Waals surface area contributed by atoms with Crippen LogP contribution in [0.1, 0.15) is 0 Å². The Bertz CT molecular complexity index is 218. The van der Waals surface area contributed by atoms with E-state index in [9.17, 15) is 0 Å². The van der Waals surface area contributed by atoms with Gasteiger partial charge in [0.25, 0.3) is 0 Å². The fourth-order valence-corrected chi connectivity index (χ4v) is 3.32. The Morgan fingerprint density at radius 2 is 0.696 bits per heavy atom. The second kappa shape index (κ2) is 11.3. The van der Waals surface area contributed by atoms with E-state index in [1.165, 1.54) is 78.5 Å². The summed E-state index contributed by atoms with van der Waals surface area (Å²) in [6.07, 6.45) is 0. The number of nitrogens with zero attached hydrogens (tertiary/aromatic N) is 4. The number of nitrogens with one attached hydrogen (secondary N) is 1. The fraction of sp³-hybridized carbons (Fsp3) is 1.00. The SMILES string of the molecule is C1CN2CCN1CC2.C1CN2CCN1CC2.OCCNCCO. The van der Waals surface area contributed by atoms with Gasteiger partial charge >= 0.3 is 0 Å². The molecule has 4 bridgehead atoms. The largest absolute Gasteiger partial charge is 0.395 e. The highest BCUT2D eigenvalue weighted by Gasteiger charge is 2.22. The first-order valence-electron chi connectivity index (χ1n) is 9.13. The predicted molar refractivity (Wildman–Crippen MR) is 92.8 cm³/mol. The third-order valence-electron chi connectivity index (χ3n) is 4.97. The molecule has 0 radical (unpaired) electrons. The molecule has 6 aliphatic heterocycles. The van der Waals surface area contributed by atoms with Gasteiger partial charge in [-0.3, -0.25) is 19.6 Å². The van der Waals surface area contributed by atoms with Crippen molar-refractivity contribution < 1.29 is 10.2 Å². The maximum Gasteiger partial charge on any atom is 0.0555 e. The van der Waals surface area contributed by atoms with Crippen molar-refractivity contribution in [1.82, 2.24) is 24.9 Å². The molecule has 6 saturated heterocycles. The maximum atomic E-state index is 8.15. The Morgan fingerprint density at radius 3 is 0.826 bits per heavy atom. The zero-order chi connectivity index (χ0) is 16.3. The third-order valence-corrected chi connectivity index (χ3v) is 4.97. The van der Waals surface area contributed by atoms with E-state index in [1.54, 1.807) is 0 Å². The van der Waals surface area contributed by atoms with Crippen molar-refractivity contribution in [3.05, 3.63) is 0 Å². The lowest BCUT2D eigenvalue weighted by Gasteiger charge is -2.41. The van der Waals surface area contributed by atoms with Crippen LogP contribution >= 0.6 is 0 Å². The molecule has 3 N–H and O–H groups in total. The Hall–Kier alpha value is -0.280. The molecule has 0 saturated carbocycles. The maximum absolute atomic E-state index is 8.15. The van der Waals surface area contributed by atoms with Crippen LogP contribution in [0.5, 0.6) is 0 Å². The van der Waals surface area contributed by atoms with Gasteiger partial charge < -0.3 is 15.5 Å². The monoisotopic (exact) mass is 329 g/mol. The van der Waals surface area contributed by atoms with Gasteiger partial charge in [-0.2, -0.15) is 0 Å². The first kappa shape index (κ1) is 19.1. The van der Waals surface area contributed by atoms with Crippen LogP contribution in [0.15, 0.2) is 0 Å². The van der Waals surface area contributed by atoms with Gasteiger partial charge in [0.15, 0.2) is 0 Å². The standard InChI is InChI=1S/2C6H12N2.C4H11NO2/c2*1-2-8-5-3-7(1)4-6-8;6-3-1-5-2-4-7/h2*1-6H2;5-7H,1-4H2. The van der Waals surface area contributed by atoms with Gasteiger partial charge in [-0.1, -0.05) is 0 Å². The van der Waals surface area contributed by atoms with Crippen molar-refractivity contribution in [2.45, 2.75) is 0 Å². The smallest absolute Gasteiger partial charge is 0.0555 e. The highest BCUT2D eigenvalue weighted by Crippen LogP contribution is 2.07. The number of aliphatic hydroxyl groups excluding tert-OH is 2.